The first-order valence-corrected chi connectivity index (χ1v) is 10.5. The molecule has 0 bridgehead atoms. The van der Waals surface area contributed by atoms with Crippen molar-refractivity contribution in [3.63, 3.8) is 0 Å². The van der Waals surface area contributed by atoms with Gasteiger partial charge in [-0.2, -0.15) is 5.10 Å². The van der Waals surface area contributed by atoms with Gasteiger partial charge in [-0.1, -0.05) is 40.2 Å². The first-order valence-electron chi connectivity index (χ1n) is 9.74. The largest absolute Gasteiger partial charge is 0.481 e. The van der Waals surface area contributed by atoms with Gasteiger partial charge in [-0.15, -0.1) is 0 Å². The van der Waals surface area contributed by atoms with Crippen LogP contribution >= 0.6 is 15.9 Å². The maximum absolute atomic E-state index is 13.0. The molecule has 2 aromatic carbocycles. The molecule has 1 aromatic heterocycles. The van der Waals surface area contributed by atoms with E-state index in [1.165, 1.54) is 0 Å². The highest BCUT2D eigenvalue weighted by molar-refractivity contribution is 9.10. The van der Waals surface area contributed by atoms with Gasteiger partial charge in [-0.25, -0.2) is 0 Å². The first-order chi connectivity index (χ1) is 14.0. The predicted molar refractivity (Wildman–Crippen MR) is 114 cm³/mol. The minimum Gasteiger partial charge on any atom is -0.481 e. The third-order valence-corrected chi connectivity index (χ3v) is 6.09. The summed E-state index contributed by atoms with van der Waals surface area (Å²) < 4.78 is 2.87. The van der Waals surface area contributed by atoms with Gasteiger partial charge in [0.2, 0.25) is 0 Å². The number of hydrogen-bond donors (Lipinski definition) is 2. The van der Waals surface area contributed by atoms with Gasteiger partial charge >= 0.3 is 5.97 Å². The number of para-hydroxylation sites is 1. The Bertz CT molecular complexity index is 1040. The number of carboxylic acid groups (broad SMARTS) is 1. The number of carboxylic acids is 1. The van der Waals surface area contributed by atoms with Crippen LogP contribution in [-0.2, 0) is 11.3 Å². The van der Waals surface area contributed by atoms with Gasteiger partial charge in [0, 0.05) is 15.9 Å². The highest BCUT2D eigenvalue weighted by Crippen LogP contribution is 2.26. The zero-order valence-corrected chi connectivity index (χ0v) is 17.4. The highest BCUT2D eigenvalue weighted by Gasteiger charge is 2.27. The molecule has 150 valence electrons. The maximum atomic E-state index is 13.0. The molecular weight excluding hydrogens is 434 g/mol. The Kier molecular flexibility index (Phi) is 5.67. The third-order valence-electron chi connectivity index (χ3n) is 5.56. The Hall–Kier alpha value is -2.67. The number of nitrogens with one attached hydrogen (secondary N) is 1. The number of rotatable bonds is 5. The third kappa shape index (κ3) is 4.34. The Morgan fingerprint density at radius 3 is 2.52 bits per heavy atom. The van der Waals surface area contributed by atoms with Crippen LogP contribution in [0.5, 0.6) is 0 Å². The van der Waals surface area contributed by atoms with Gasteiger partial charge in [-0.3, -0.25) is 14.3 Å². The molecular formula is C22H22BrN3O3. The zero-order valence-electron chi connectivity index (χ0n) is 15.8. The van der Waals surface area contributed by atoms with Crippen molar-refractivity contribution >= 4 is 38.7 Å². The fourth-order valence-corrected chi connectivity index (χ4v) is 4.22. The topological polar surface area (TPSA) is 84.2 Å². The molecule has 0 radical (unpaired) electrons. The van der Waals surface area contributed by atoms with Crippen molar-refractivity contribution in [3.8, 4) is 0 Å². The van der Waals surface area contributed by atoms with E-state index in [-0.39, 0.29) is 17.9 Å². The summed E-state index contributed by atoms with van der Waals surface area (Å²) in [5, 5.41) is 17.7. The summed E-state index contributed by atoms with van der Waals surface area (Å²) in [6, 6.07) is 13.7. The Labute approximate surface area is 177 Å². The molecule has 3 aromatic rings. The van der Waals surface area contributed by atoms with Crippen LogP contribution in [0.15, 0.2) is 53.1 Å². The molecule has 0 unspecified atom stereocenters. The molecule has 29 heavy (non-hydrogen) atoms. The molecule has 1 amide bonds. The minimum absolute atomic E-state index is 0.0104. The van der Waals surface area contributed by atoms with Gasteiger partial charge in [0.15, 0.2) is 0 Å². The summed E-state index contributed by atoms with van der Waals surface area (Å²) in [5.74, 6) is -1.16. The van der Waals surface area contributed by atoms with Gasteiger partial charge in [0.05, 0.1) is 29.7 Å². The van der Waals surface area contributed by atoms with E-state index in [1.54, 1.807) is 6.20 Å². The molecule has 1 saturated carbocycles. The molecule has 0 spiro atoms. The maximum Gasteiger partial charge on any atom is 0.306 e. The lowest BCUT2D eigenvalue weighted by Gasteiger charge is -2.27. The van der Waals surface area contributed by atoms with Crippen LogP contribution in [0.3, 0.4) is 0 Å². The number of benzene rings is 2. The van der Waals surface area contributed by atoms with Crippen molar-refractivity contribution in [1.29, 1.82) is 0 Å². The number of fused-ring (bicyclic) bond motifs is 1. The van der Waals surface area contributed by atoms with Crippen LogP contribution < -0.4 is 5.32 Å². The van der Waals surface area contributed by atoms with Crippen LogP contribution in [0.2, 0.25) is 0 Å². The Morgan fingerprint density at radius 1 is 1.10 bits per heavy atom. The fraction of sp³-hybridized carbons (Fsp3) is 0.318. The van der Waals surface area contributed by atoms with E-state index in [0.29, 0.717) is 37.8 Å². The van der Waals surface area contributed by atoms with Crippen LogP contribution in [0.25, 0.3) is 10.9 Å². The number of amides is 1. The molecule has 6 nitrogen and oxygen atoms in total. The van der Waals surface area contributed by atoms with E-state index in [2.05, 4.69) is 26.3 Å². The van der Waals surface area contributed by atoms with E-state index >= 15 is 0 Å². The number of carbonyl (C=O) groups excluding carboxylic acids is 1. The number of halogens is 1. The SMILES string of the molecule is O=C(NC1CCC(C(=O)O)CC1)c1cccc2cnn(Cc3ccc(Br)cc3)c12. The molecule has 0 saturated heterocycles. The van der Waals surface area contributed by atoms with E-state index < -0.39 is 5.97 Å². The van der Waals surface area contributed by atoms with Gasteiger partial charge in [0.1, 0.15) is 0 Å². The quantitative estimate of drug-likeness (QED) is 0.602. The molecule has 1 heterocycles. The van der Waals surface area contributed by atoms with Crippen molar-refractivity contribution < 1.29 is 14.7 Å². The zero-order chi connectivity index (χ0) is 20.4. The smallest absolute Gasteiger partial charge is 0.306 e. The highest BCUT2D eigenvalue weighted by atomic mass is 79.9. The lowest BCUT2D eigenvalue weighted by Crippen LogP contribution is -2.38. The van der Waals surface area contributed by atoms with Crippen molar-refractivity contribution in [2.75, 3.05) is 0 Å². The summed E-state index contributed by atoms with van der Waals surface area (Å²) in [4.78, 5) is 24.1. The van der Waals surface area contributed by atoms with Crippen molar-refractivity contribution in [3.05, 3.63) is 64.3 Å². The minimum atomic E-state index is -0.739. The summed E-state index contributed by atoms with van der Waals surface area (Å²) >= 11 is 3.44. The summed E-state index contributed by atoms with van der Waals surface area (Å²) in [7, 11) is 0. The molecule has 0 atom stereocenters. The molecule has 7 heteroatoms. The summed E-state index contributed by atoms with van der Waals surface area (Å²) in [6.45, 7) is 0.574. The van der Waals surface area contributed by atoms with E-state index in [4.69, 9.17) is 5.11 Å². The Balaban J connectivity index is 1.54. The van der Waals surface area contributed by atoms with Crippen molar-refractivity contribution in [2.24, 2.45) is 5.92 Å². The van der Waals surface area contributed by atoms with E-state index in [1.807, 2.05) is 47.1 Å². The Morgan fingerprint density at radius 2 is 1.83 bits per heavy atom. The number of hydrogen-bond acceptors (Lipinski definition) is 3. The van der Waals surface area contributed by atoms with E-state index in [9.17, 15) is 9.59 Å². The normalized spacial score (nSPS) is 19.2. The van der Waals surface area contributed by atoms with Crippen molar-refractivity contribution in [2.45, 2.75) is 38.3 Å². The average Bonchev–Trinajstić information content (AvgIpc) is 3.13. The van der Waals surface area contributed by atoms with Crippen LogP contribution in [0.4, 0.5) is 0 Å². The van der Waals surface area contributed by atoms with Crippen LogP contribution in [0, 0.1) is 5.92 Å². The number of nitrogens with zero attached hydrogens (tertiary/aromatic N) is 2. The van der Waals surface area contributed by atoms with E-state index in [0.717, 1.165) is 20.9 Å². The predicted octanol–water partition coefficient (Wildman–Crippen LogP) is 4.22. The summed E-state index contributed by atoms with van der Waals surface area (Å²) in [6.07, 6.45) is 4.37. The number of aliphatic carboxylic acids is 1. The fourth-order valence-electron chi connectivity index (χ4n) is 3.96. The van der Waals surface area contributed by atoms with Crippen molar-refractivity contribution in [1.82, 2.24) is 15.1 Å². The second-order valence-electron chi connectivity index (χ2n) is 7.53. The van der Waals surface area contributed by atoms with Gasteiger partial charge < -0.3 is 10.4 Å². The molecule has 2 N–H and O–H groups in total. The van der Waals surface area contributed by atoms with Crippen LogP contribution in [0.1, 0.15) is 41.6 Å². The monoisotopic (exact) mass is 455 g/mol. The molecule has 0 aliphatic heterocycles. The average molecular weight is 456 g/mol. The number of carbonyl (C=O) groups is 2. The molecule has 4 rings (SSSR count). The first kappa shape index (κ1) is 19.6. The van der Waals surface area contributed by atoms with Gasteiger partial charge in [-0.05, 0) is 49.4 Å². The molecule has 1 fully saturated rings. The lowest BCUT2D eigenvalue weighted by molar-refractivity contribution is -0.142. The molecule has 1 aliphatic rings. The van der Waals surface area contributed by atoms with Crippen LogP contribution in [-0.4, -0.2) is 32.8 Å². The standard InChI is InChI=1S/C22H22BrN3O3/c23-17-8-4-14(5-9-17)13-26-20-16(12-24-26)2-1-3-19(20)21(27)25-18-10-6-15(7-11-18)22(28)29/h1-5,8-9,12,15,18H,6-7,10-11,13H2,(H,25,27)(H,28,29). The number of aromatic nitrogens is 2. The molecule has 1 aliphatic carbocycles. The summed E-state index contributed by atoms with van der Waals surface area (Å²) in [5.41, 5.74) is 2.50. The second-order valence-corrected chi connectivity index (χ2v) is 8.45. The second kappa shape index (κ2) is 8.37. The lowest BCUT2D eigenvalue weighted by atomic mass is 9.86. The van der Waals surface area contributed by atoms with Gasteiger partial charge in [0.25, 0.3) is 5.91 Å².